The van der Waals surface area contributed by atoms with Crippen LogP contribution in [0.4, 0.5) is 5.69 Å². The molecule has 32 heavy (non-hydrogen) atoms. The predicted octanol–water partition coefficient (Wildman–Crippen LogP) is 1.84. The molecule has 0 bridgehead atoms. The van der Waals surface area contributed by atoms with Crippen molar-refractivity contribution in [2.75, 3.05) is 37.6 Å². The van der Waals surface area contributed by atoms with Crippen LogP contribution < -0.4 is 15.5 Å². The largest absolute Gasteiger partial charge is 0.369 e. The van der Waals surface area contributed by atoms with Crippen molar-refractivity contribution < 1.29 is 18.0 Å². The summed E-state index contributed by atoms with van der Waals surface area (Å²) in [5.74, 6) is -0.768. The van der Waals surface area contributed by atoms with Crippen molar-refractivity contribution in [1.29, 1.82) is 0 Å². The predicted molar refractivity (Wildman–Crippen MR) is 124 cm³/mol. The average Bonchev–Trinajstić information content (AvgIpc) is 2.83. The maximum atomic E-state index is 13.2. The van der Waals surface area contributed by atoms with E-state index < -0.39 is 22.0 Å². The molecular weight excluding hydrogens is 428 g/mol. The molecule has 8 nitrogen and oxygen atoms in total. The van der Waals surface area contributed by atoms with Gasteiger partial charge in [0.2, 0.25) is 15.9 Å². The van der Waals surface area contributed by atoms with Crippen molar-refractivity contribution in [3.63, 3.8) is 0 Å². The van der Waals surface area contributed by atoms with Crippen molar-refractivity contribution in [2.24, 2.45) is 0 Å². The number of rotatable bonds is 8. The number of anilines is 1. The Morgan fingerprint density at radius 1 is 1.00 bits per heavy atom. The van der Waals surface area contributed by atoms with Gasteiger partial charge in [-0.05, 0) is 43.7 Å². The van der Waals surface area contributed by atoms with Gasteiger partial charge in [-0.1, -0.05) is 31.2 Å². The van der Waals surface area contributed by atoms with Gasteiger partial charge in [-0.15, -0.1) is 0 Å². The third-order valence-electron chi connectivity index (χ3n) is 5.38. The zero-order chi connectivity index (χ0) is 23.1. The molecule has 1 aliphatic rings. The molecule has 2 N–H and O–H groups in total. The molecule has 1 aliphatic heterocycles. The highest BCUT2D eigenvalue weighted by atomic mass is 32.2. The first kappa shape index (κ1) is 23.7. The average molecular weight is 459 g/mol. The molecule has 0 radical (unpaired) electrons. The summed E-state index contributed by atoms with van der Waals surface area (Å²) in [5.41, 5.74) is 1.27. The molecular formula is C23H30N4O4S. The van der Waals surface area contributed by atoms with Crippen LogP contribution in [0.15, 0.2) is 59.5 Å². The lowest BCUT2D eigenvalue weighted by atomic mass is 10.2. The second-order valence-electron chi connectivity index (χ2n) is 7.74. The second kappa shape index (κ2) is 10.6. The van der Waals surface area contributed by atoms with E-state index in [2.05, 4.69) is 15.5 Å². The van der Waals surface area contributed by atoms with E-state index in [-0.39, 0.29) is 16.4 Å². The van der Waals surface area contributed by atoms with Crippen LogP contribution in [0.25, 0.3) is 0 Å². The molecule has 0 aliphatic carbocycles. The Balaban J connectivity index is 1.66. The van der Waals surface area contributed by atoms with Gasteiger partial charge in [0.05, 0.1) is 4.90 Å². The minimum absolute atomic E-state index is 0.0707. The Hall–Kier alpha value is -2.91. The van der Waals surface area contributed by atoms with Crippen molar-refractivity contribution in [2.45, 2.75) is 31.2 Å². The van der Waals surface area contributed by atoms with Gasteiger partial charge in [-0.3, -0.25) is 9.59 Å². The number of carbonyl (C=O) groups excluding carboxylic acids is 2. The maximum absolute atomic E-state index is 13.2. The lowest BCUT2D eigenvalue weighted by Gasteiger charge is -2.35. The zero-order valence-corrected chi connectivity index (χ0v) is 19.3. The number of carbonyl (C=O) groups is 2. The zero-order valence-electron chi connectivity index (χ0n) is 18.5. The highest BCUT2D eigenvalue weighted by Crippen LogP contribution is 2.21. The molecule has 2 amide bonds. The van der Waals surface area contributed by atoms with E-state index >= 15 is 0 Å². The Morgan fingerprint density at radius 2 is 1.69 bits per heavy atom. The third kappa shape index (κ3) is 5.66. The first-order valence-corrected chi connectivity index (χ1v) is 12.3. The lowest BCUT2D eigenvalue weighted by molar-refractivity contribution is -0.122. The van der Waals surface area contributed by atoms with E-state index in [0.717, 1.165) is 12.1 Å². The summed E-state index contributed by atoms with van der Waals surface area (Å²) in [6.07, 6.45) is 0.798. The smallest absolute Gasteiger partial charge is 0.251 e. The Labute approximate surface area is 189 Å². The van der Waals surface area contributed by atoms with Gasteiger partial charge in [0.1, 0.15) is 6.04 Å². The minimum Gasteiger partial charge on any atom is -0.369 e. The van der Waals surface area contributed by atoms with Crippen LogP contribution in [0, 0.1) is 0 Å². The number of sulfonamides is 1. The number of piperazine rings is 1. The maximum Gasteiger partial charge on any atom is 0.251 e. The molecule has 0 spiro atoms. The van der Waals surface area contributed by atoms with Gasteiger partial charge in [0, 0.05) is 44.0 Å². The summed E-state index contributed by atoms with van der Waals surface area (Å²) in [6, 6.07) is 15.1. The standard InChI is InChI=1S/C23H30N4O4S/c1-3-12-24-22(28)18(2)25-23(29)19-8-7-11-21(17-19)32(30,31)27-15-13-26(14-16-27)20-9-5-4-6-10-20/h4-11,17-18H,3,12-16H2,1-2H3,(H,24,28)(H,25,29). The second-order valence-corrected chi connectivity index (χ2v) is 9.68. The molecule has 2 aromatic rings. The fourth-order valence-corrected chi connectivity index (χ4v) is 4.99. The number of hydrogen-bond acceptors (Lipinski definition) is 5. The van der Waals surface area contributed by atoms with Crippen LogP contribution in [0.2, 0.25) is 0 Å². The van der Waals surface area contributed by atoms with Crippen molar-refractivity contribution in [3.8, 4) is 0 Å². The topological polar surface area (TPSA) is 98.8 Å². The molecule has 1 heterocycles. The van der Waals surface area contributed by atoms with Crippen molar-refractivity contribution >= 4 is 27.5 Å². The number of amides is 2. The molecule has 1 fully saturated rings. The van der Waals surface area contributed by atoms with E-state index in [1.165, 1.54) is 16.4 Å². The van der Waals surface area contributed by atoms with Crippen LogP contribution in [0.5, 0.6) is 0 Å². The number of nitrogens with zero attached hydrogens (tertiary/aromatic N) is 2. The molecule has 9 heteroatoms. The van der Waals surface area contributed by atoms with E-state index in [9.17, 15) is 18.0 Å². The summed E-state index contributed by atoms with van der Waals surface area (Å²) in [7, 11) is -3.73. The van der Waals surface area contributed by atoms with E-state index in [4.69, 9.17) is 0 Å². The summed E-state index contributed by atoms with van der Waals surface area (Å²) in [6.45, 7) is 5.98. The summed E-state index contributed by atoms with van der Waals surface area (Å²) in [4.78, 5) is 26.8. The SMILES string of the molecule is CCCNC(=O)C(C)NC(=O)c1cccc(S(=O)(=O)N2CCN(c3ccccc3)CC2)c1. The highest BCUT2D eigenvalue weighted by Gasteiger charge is 2.29. The van der Waals surface area contributed by atoms with Crippen LogP contribution >= 0.6 is 0 Å². The lowest BCUT2D eigenvalue weighted by Crippen LogP contribution is -2.48. The molecule has 1 atom stereocenters. The third-order valence-corrected chi connectivity index (χ3v) is 7.28. The Kier molecular flexibility index (Phi) is 7.87. The van der Waals surface area contributed by atoms with Crippen molar-refractivity contribution in [3.05, 3.63) is 60.2 Å². The highest BCUT2D eigenvalue weighted by molar-refractivity contribution is 7.89. The summed E-state index contributed by atoms with van der Waals surface area (Å²) >= 11 is 0. The van der Waals surface area contributed by atoms with E-state index in [1.807, 2.05) is 37.3 Å². The Morgan fingerprint density at radius 3 is 2.34 bits per heavy atom. The molecule has 1 unspecified atom stereocenters. The van der Waals surface area contributed by atoms with Crippen LogP contribution in [0.1, 0.15) is 30.6 Å². The van der Waals surface area contributed by atoms with Gasteiger partial charge in [0.15, 0.2) is 0 Å². The quantitative estimate of drug-likeness (QED) is 0.629. The summed E-state index contributed by atoms with van der Waals surface area (Å²) in [5, 5.41) is 5.34. The normalized spacial score (nSPS) is 15.8. The minimum atomic E-state index is -3.73. The number of para-hydroxylation sites is 1. The van der Waals surface area contributed by atoms with Crippen LogP contribution in [-0.2, 0) is 14.8 Å². The molecule has 172 valence electrons. The van der Waals surface area contributed by atoms with E-state index in [1.54, 1.807) is 19.1 Å². The first-order chi connectivity index (χ1) is 15.3. The molecule has 3 rings (SSSR count). The Bertz CT molecular complexity index is 1030. The number of hydrogen-bond donors (Lipinski definition) is 2. The first-order valence-electron chi connectivity index (χ1n) is 10.8. The van der Waals surface area contributed by atoms with Gasteiger partial charge in [-0.25, -0.2) is 8.42 Å². The van der Waals surface area contributed by atoms with Gasteiger partial charge in [-0.2, -0.15) is 4.31 Å². The fourth-order valence-electron chi connectivity index (χ4n) is 3.52. The molecule has 1 saturated heterocycles. The van der Waals surface area contributed by atoms with Crippen molar-refractivity contribution in [1.82, 2.24) is 14.9 Å². The van der Waals surface area contributed by atoms with Crippen LogP contribution in [0.3, 0.4) is 0 Å². The van der Waals surface area contributed by atoms with Gasteiger partial charge in [0.25, 0.3) is 5.91 Å². The monoisotopic (exact) mass is 458 g/mol. The molecule has 0 saturated carbocycles. The summed E-state index contributed by atoms with van der Waals surface area (Å²) < 4.78 is 27.8. The van der Waals surface area contributed by atoms with Gasteiger partial charge < -0.3 is 15.5 Å². The molecule has 0 aromatic heterocycles. The molecule has 2 aromatic carbocycles. The van der Waals surface area contributed by atoms with Gasteiger partial charge >= 0.3 is 0 Å². The fraction of sp³-hybridized carbons (Fsp3) is 0.391. The van der Waals surface area contributed by atoms with Crippen LogP contribution in [-0.4, -0.2) is 63.3 Å². The number of nitrogens with one attached hydrogen (secondary N) is 2. The van der Waals surface area contributed by atoms with E-state index in [0.29, 0.717) is 32.7 Å². The number of benzene rings is 2.